The van der Waals surface area contributed by atoms with Gasteiger partial charge < -0.3 is 19.3 Å². The smallest absolute Gasteiger partial charge is 0.462 e. The molecule has 60 heavy (non-hydrogen) atoms. The minimum atomic E-state index is -4.79. The molecule has 0 aromatic carbocycles. The van der Waals surface area contributed by atoms with Crippen LogP contribution < -0.4 is 0 Å². The van der Waals surface area contributed by atoms with Gasteiger partial charge in [-0.15, -0.1) is 0 Å². The van der Waals surface area contributed by atoms with Crippen LogP contribution in [0.2, 0.25) is 0 Å². The number of hydrogen-bond acceptors (Lipinski definition) is 6. The lowest BCUT2D eigenvalue weighted by atomic mass is 10.1. The second kappa shape index (κ2) is 45.0. The molecular formula is C51H81O8P. The van der Waals surface area contributed by atoms with Crippen LogP contribution in [0, 0.1) is 0 Å². The molecular weight excluding hydrogens is 772 g/mol. The van der Waals surface area contributed by atoms with Crippen molar-refractivity contribution >= 4 is 19.8 Å². The van der Waals surface area contributed by atoms with Gasteiger partial charge in [-0.3, -0.25) is 14.1 Å². The number of carbonyl (C=O) groups is 2. The normalized spacial score (nSPS) is 13.6. The molecule has 2 N–H and O–H groups in total. The van der Waals surface area contributed by atoms with Crippen LogP contribution in [0.4, 0.5) is 0 Å². The summed E-state index contributed by atoms with van der Waals surface area (Å²) in [5, 5.41) is 0. The van der Waals surface area contributed by atoms with Gasteiger partial charge in [-0.05, 0) is 89.9 Å². The Morgan fingerprint density at radius 3 is 1.18 bits per heavy atom. The zero-order chi connectivity index (χ0) is 43.9. The van der Waals surface area contributed by atoms with Gasteiger partial charge in [0.2, 0.25) is 0 Å². The first kappa shape index (κ1) is 56.5. The average Bonchev–Trinajstić information content (AvgIpc) is 3.22. The Morgan fingerprint density at radius 2 is 0.783 bits per heavy atom. The lowest BCUT2D eigenvalue weighted by Crippen LogP contribution is -2.29. The van der Waals surface area contributed by atoms with Crippen molar-refractivity contribution in [2.75, 3.05) is 13.2 Å². The summed E-state index contributed by atoms with van der Waals surface area (Å²) in [6, 6.07) is 0. The Kier molecular flexibility index (Phi) is 42.3. The quantitative estimate of drug-likeness (QED) is 0.0271. The van der Waals surface area contributed by atoms with Crippen molar-refractivity contribution in [1.82, 2.24) is 0 Å². The van der Waals surface area contributed by atoms with Crippen LogP contribution >= 0.6 is 7.82 Å². The van der Waals surface area contributed by atoms with E-state index in [4.69, 9.17) is 19.3 Å². The maximum absolute atomic E-state index is 12.4. The molecule has 0 saturated carbocycles. The summed E-state index contributed by atoms with van der Waals surface area (Å²) in [7, 11) is -4.79. The molecule has 0 aromatic heterocycles. The van der Waals surface area contributed by atoms with E-state index in [1.165, 1.54) is 38.5 Å². The molecule has 0 fully saturated rings. The molecule has 0 radical (unpaired) electrons. The van der Waals surface area contributed by atoms with Gasteiger partial charge in [0.05, 0.1) is 6.61 Å². The van der Waals surface area contributed by atoms with Crippen molar-refractivity contribution in [3.8, 4) is 0 Å². The van der Waals surface area contributed by atoms with Gasteiger partial charge in [-0.2, -0.15) is 0 Å². The predicted molar refractivity (Wildman–Crippen MR) is 252 cm³/mol. The van der Waals surface area contributed by atoms with Crippen LogP contribution in [0.5, 0.6) is 0 Å². The Bertz CT molecular complexity index is 1370. The highest BCUT2D eigenvalue weighted by atomic mass is 31.2. The zero-order valence-electron chi connectivity index (χ0n) is 37.3. The highest BCUT2D eigenvalue weighted by molar-refractivity contribution is 7.46. The maximum Gasteiger partial charge on any atom is 0.469 e. The van der Waals surface area contributed by atoms with Crippen molar-refractivity contribution < 1.29 is 37.9 Å². The molecule has 0 saturated heterocycles. The van der Waals surface area contributed by atoms with E-state index >= 15 is 0 Å². The molecule has 0 spiro atoms. The third kappa shape index (κ3) is 47.1. The third-order valence-corrected chi connectivity index (χ3v) is 9.47. The number of carbonyl (C=O) groups excluding carboxylic acids is 2. The molecule has 0 bridgehead atoms. The molecule has 0 aliphatic rings. The third-order valence-electron chi connectivity index (χ3n) is 8.99. The first-order valence-corrected chi connectivity index (χ1v) is 24.4. The molecule has 1 unspecified atom stereocenters. The molecule has 0 aromatic rings. The van der Waals surface area contributed by atoms with Gasteiger partial charge >= 0.3 is 19.8 Å². The number of esters is 2. The first-order valence-electron chi connectivity index (χ1n) is 22.8. The highest BCUT2D eigenvalue weighted by Gasteiger charge is 2.22. The van der Waals surface area contributed by atoms with E-state index in [0.29, 0.717) is 12.8 Å². The molecule has 0 heterocycles. The fourth-order valence-corrected chi connectivity index (χ4v) is 6.04. The number of phosphoric acid groups is 1. The summed E-state index contributed by atoms with van der Waals surface area (Å²) in [5.74, 6) is -0.998. The molecule has 9 heteroatoms. The molecule has 0 aliphatic heterocycles. The topological polar surface area (TPSA) is 119 Å². The van der Waals surface area contributed by atoms with Crippen LogP contribution in [0.1, 0.15) is 168 Å². The minimum absolute atomic E-state index is 0.0786. The van der Waals surface area contributed by atoms with Gasteiger partial charge in [0.15, 0.2) is 6.10 Å². The van der Waals surface area contributed by atoms with E-state index in [0.717, 1.165) is 89.9 Å². The van der Waals surface area contributed by atoms with Crippen molar-refractivity contribution in [2.24, 2.45) is 0 Å². The highest BCUT2D eigenvalue weighted by Crippen LogP contribution is 2.36. The van der Waals surface area contributed by atoms with Gasteiger partial charge in [0, 0.05) is 12.8 Å². The fraction of sp³-hybridized carbons (Fsp3) is 0.569. The van der Waals surface area contributed by atoms with Crippen LogP contribution in [0.25, 0.3) is 0 Å². The lowest BCUT2D eigenvalue weighted by molar-refractivity contribution is -0.161. The van der Waals surface area contributed by atoms with Crippen molar-refractivity contribution in [2.45, 2.75) is 174 Å². The monoisotopic (exact) mass is 853 g/mol. The van der Waals surface area contributed by atoms with E-state index < -0.39 is 32.5 Å². The number of unbranched alkanes of at least 4 members (excludes halogenated alkanes) is 10. The summed E-state index contributed by atoms with van der Waals surface area (Å²) in [4.78, 5) is 42.9. The summed E-state index contributed by atoms with van der Waals surface area (Å²) < 4.78 is 26.4. The van der Waals surface area contributed by atoms with Crippen LogP contribution in [0.3, 0.4) is 0 Å². The molecule has 8 nitrogen and oxygen atoms in total. The Labute approximate surface area is 365 Å². The number of allylic oxidation sites excluding steroid dienone is 20. The van der Waals surface area contributed by atoms with Gasteiger partial charge in [-0.1, -0.05) is 187 Å². The molecule has 0 aliphatic carbocycles. The van der Waals surface area contributed by atoms with Crippen LogP contribution in [0.15, 0.2) is 122 Å². The van der Waals surface area contributed by atoms with E-state index in [2.05, 4.69) is 128 Å². The molecule has 1 atom stereocenters. The standard InChI is InChI=1S/C51H81O8P/c1-3-5-7-9-11-13-15-17-19-21-23-24-25-26-28-29-31-33-35-37-39-41-43-45-50(52)57-47-49(48-58-60(54,55)56)59-51(53)46-44-42-40-38-36-34-32-30-27-22-20-18-16-14-12-10-8-6-4-2/h5-8,11-14,17-20,23-24,27,30,34,36,40,42,49H,3-4,9-10,15-16,21-22,25-26,28-29,31-33,35,37-39,41,43-48H2,1-2H3,(H2,54,55,56)/b7-5-,8-6-,13-11-,14-12-,19-17-,20-18-,24-23-,30-27-,36-34-,42-40-. The van der Waals surface area contributed by atoms with Crippen molar-refractivity contribution in [1.29, 1.82) is 0 Å². The minimum Gasteiger partial charge on any atom is -0.462 e. The largest absolute Gasteiger partial charge is 0.469 e. The Balaban J connectivity index is 4.01. The summed E-state index contributed by atoms with van der Waals surface area (Å²) in [5.41, 5.74) is 0. The molecule has 0 amide bonds. The van der Waals surface area contributed by atoms with E-state index in [1.54, 1.807) is 0 Å². The second-order valence-electron chi connectivity index (χ2n) is 14.6. The summed E-state index contributed by atoms with van der Waals surface area (Å²) in [6.45, 7) is 3.39. The van der Waals surface area contributed by atoms with E-state index in [-0.39, 0.29) is 19.4 Å². The number of phosphoric ester groups is 1. The van der Waals surface area contributed by atoms with E-state index in [9.17, 15) is 14.2 Å². The zero-order valence-corrected chi connectivity index (χ0v) is 38.2. The van der Waals surface area contributed by atoms with Crippen LogP contribution in [-0.4, -0.2) is 41.0 Å². The van der Waals surface area contributed by atoms with Crippen molar-refractivity contribution in [3.05, 3.63) is 122 Å². The lowest BCUT2D eigenvalue weighted by Gasteiger charge is -2.18. The first-order chi connectivity index (χ1) is 29.3. The molecule has 338 valence electrons. The number of rotatable bonds is 40. The van der Waals surface area contributed by atoms with Crippen LogP contribution in [-0.2, 0) is 28.2 Å². The molecule has 0 rings (SSSR count). The Hall–Kier alpha value is -3.55. The Morgan fingerprint density at radius 1 is 0.433 bits per heavy atom. The maximum atomic E-state index is 12.4. The second-order valence-corrected chi connectivity index (χ2v) is 15.8. The summed E-state index contributed by atoms with van der Waals surface area (Å²) in [6.07, 6.45) is 65.1. The van der Waals surface area contributed by atoms with E-state index in [1.807, 2.05) is 12.2 Å². The predicted octanol–water partition coefficient (Wildman–Crippen LogP) is 14.5. The van der Waals surface area contributed by atoms with Crippen molar-refractivity contribution in [3.63, 3.8) is 0 Å². The SMILES string of the molecule is CC/C=C\C/C=C\C/C=C\C/C=C\C/C=C\C/C=C\CCC(=O)OC(COC(=O)CCCCCCCCCCCC/C=C\C/C=C\C/C=C\C/C=C\CC)COP(=O)(O)O. The van der Waals surface area contributed by atoms with Gasteiger partial charge in [0.1, 0.15) is 6.61 Å². The van der Waals surface area contributed by atoms with Gasteiger partial charge in [-0.25, -0.2) is 4.57 Å². The number of hydrogen-bond donors (Lipinski definition) is 2. The fourth-order valence-electron chi connectivity index (χ4n) is 5.68. The average molecular weight is 853 g/mol. The van der Waals surface area contributed by atoms with Gasteiger partial charge in [0.25, 0.3) is 0 Å². The summed E-state index contributed by atoms with van der Waals surface area (Å²) >= 11 is 0. The number of ether oxygens (including phenoxy) is 2.